The molecule has 1 aromatic rings. The Morgan fingerprint density at radius 2 is 1.69 bits per heavy atom. The minimum atomic E-state index is 0.508. The van der Waals surface area contributed by atoms with Crippen molar-refractivity contribution >= 4 is 35.0 Å². The normalized spacial score (nSPS) is 10.8. The third-order valence-electron chi connectivity index (χ3n) is 2.03. The van der Waals surface area contributed by atoms with E-state index in [4.69, 9.17) is 23.2 Å². The van der Waals surface area contributed by atoms with E-state index in [2.05, 4.69) is 23.8 Å². The average molecular weight is 279 g/mol. The van der Waals surface area contributed by atoms with Crippen molar-refractivity contribution < 1.29 is 0 Å². The molecule has 1 heterocycles. The lowest BCUT2D eigenvalue weighted by Gasteiger charge is -2.06. The Hall–Kier alpha value is 0.01000. The number of nitrogens with zero attached hydrogens (tertiary/aromatic N) is 2. The van der Waals surface area contributed by atoms with E-state index in [1.165, 1.54) is 0 Å². The minimum absolute atomic E-state index is 0.508. The zero-order chi connectivity index (χ0) is 12.0. The van der Waals surface area contributed by atoms with Gasteiger partial charge in [0.2, 0.25) is 0 Å². The predicted molar refractivity (Wildman–Crippen MR) is 72.5 cm³/mol. The quantitative estimate of drug-likeness (QED) is 0.571. The van der Waals surface area contributed by atoms with E-state index in [1.807, 2.05) is 0 Å². The molecule has 0 saturated heterocycles. The first-order chi connectivity index (χ1) is 7.69. The Bertz CT molecular complexity index is 322. The molecule has 90 valence electrons. The van der Waals surface area contributed by atoms with Gasteiger partial charge in [0.1, 0.15) is 16.1 Å². The van der Waals surface area contributed by atoms with E-state index in [9.17, 15) is 0 Å². The predicted octanol–water partition coefficient (Wildman–Crippen LogP) is 4.38. The Kier molecular flexibility index (Phi) is 6.47. The Morgan fingerprint density at radius 1 is 1.06 bits per heavy atom. The molecule has 5 heteroatoms. The fourth-order valence-electron chi connectivity index (χ4n) is 1.30. The van der Waals surface area contributed by atoms with E-state index < -0.39 is 0 Å². The number of hydrogen-bond acceptors (Lipinski definition) is 3. The zero-order valence-electron chi connectivity index (χ0n) is 9.59. The van der Waals surface area contributed by atoms with Gasteiger partial charge in [-0.25, -0.2) is 9.97 Å². The van der Waals surface area contributed by atoms with Crippen molar-refractivity contribution in [3.8, 4) is 0 Å². The standard InChI is InChI=1S/C11H16Cl2N2S/c1-3-5-8-10(12)14-9(15-11(8)13)7-16-6-4-2/h3-7H2,1-2H3. The highest BCUT2D eigenvalue weighted by Crippen LogP contribution is 2.24. The van der Waals surface area contributed by atoms with Crippen molar-refractivity contribution in [3.05, 3.63) is 21.7 Å². The van der Waals surface area contributed by atoms with Crippen LogP contribution in [-0.2, 0) is 12.2 Å². The SMILES string of the molecule is CCCSCc1nc(Cl)c(CCC)c(Cl)n1. The fourth-order valence-corrected chi connectivity index (χ4v) is 2.66. The molecule has 0 aliphatic rings. The molecule has 1 aromatic heterocycles. The third-order valence-corrected chi connectivity index (χ3v) is 3.82. The highest BCUT2D eigenvalue weighted by molar-refractivity contribution is 7.98. The number of hydrogen-bond donors (Lipinski definition) is 0. The van der Waals surface area contributed by atoms with Crippen LogP contribution < -0.4 is 0 Å². The molecular formula is C11H16Cl2N2S. The summed E-state index contributed by atoms with van der Waals surface area (Å²) in [5.41, 5.74) is 0.870. The van der Waals surface area contributed by atoms with E-state index >= 15 is 0 Å². The number of rotatable bonds is 6. The molecule has 0 fully saturated rings. The first kappa shape index (κ1) is 14.1. The highest BCUT2D eigenvalue weighted by atomic mass is 35.5. The second kappa shape index (κ2) is 7.36. The van der Waals surface area contributed by atoms with Gasteiger partial charge in [-0.05, 0) is 18.6 Å². The smallest absolute Gasteiger partial charge is 0.141 e. The van der Waals surface area contributed by atoms with Crippen molar-refractivity contribution in [2.45, 2.75) is 38.9 Å². The molecule has 0 atom stereocenters. The summed E-state index contributed by atoms with van der Waals surface area (Å²) in [7, 11) is 0. The molecule has 0 aliphatic heterocycles. The third kappa shape index (κ3) is 4.11. The van der Waals surface area contributed by atoms with Crippen LogP contribution in [-0.4, -0.2) is 15.7 Å². The lowest BCUT2D eigenvalue weighted by molar-refractivity contribution is 0.888. The first-order valence-electron chi connectivity index (χ1n) is 5.47. The molecule has 0 bridgehead atoms. The van der Waals surface area contributed by atoms with Crippen LogP contribution in [0.2, 0.25) is 10.3 Å². The monoisotopic (exact) mass is 278 g/mol. The molecule has 16 heavy (non-hydrogen) atoms. The lowest BCUT2D eigenvalue weighted by atomic mass is 10.2. The Balaban J connectivity index is 2.75. The van der Waals surface area contributed by atoms with Crippen molar-refractivity contribution in [2.24, 2.45) is 0 Å². The van der Waals surface area contributed by atoms with Crippen LogP contribution in [0.25, 0.3) is 0 Å². The van der Waals surface area contributed by atoms with Crippen LogP contribution in [0.5, 0.6) is 0 Å². The van der Waals surface area contributed by atoms with Gasteiger partial charge in [0.25, 0.3) is 0 Å². The summed E-state index contributed by atoms with van der Waals surface area (Å²) in [6.07, 6.45) is 2.98. The summed E-state index contributed by atoms with van der Waals surface area (Å²) in [4.78, 5) is 8.55. The summed E-state index contributed by atoms with van der Waals surface area (Å²) in [5.74, 6) is 2.61. The van der Waals surface area contributed by atoms with Gasteiger partial charge >= 0.3 is 0 Å². The van der Waals surface area contributed by atoms with Gasteiger partial charge in [-0.15, -0.1) is 0 Å². The molecule has 0 aliphatic carbocycles. The van der Waals surface area contributed by atoms with Gasteiger partial charge in [-0.1, -0.05) is 43.5 Å². The topological polar surface area (TPSA) is 25.8 Å². The Morgan fingerprint density at radius 3 is 2.19 bits per heavy atom. The zero-order valence-corrected chi connectivity index (χ0v) is 11.9. The maximum Gasteiger partial charge on any atom is 0.141 e. The summed E-state index contributed by atoms with van der Waals surface area (Å²) >= 11 is 14.0. The molecule has 1 rings (SSSR count). The van der Waals surface area contributed by atoms with Crippen LogP contribution in [0.4, 0.5) is 0 Å². The van der Waals surface area contributed by atoms with Crippen molar-refractivity contribution in [2.75, 3.05) is 5.75 Å². The molecule has 2 nitrogen and oxygen atoms in total. The summed E-state index contributed by atoms with van der Waals surface area (Å²) in [6.45, 7) is 4.23. The van der Waals surface area contributed by atoms with Crippen molar-refractivity contribution in [1.82, 2.24) is 9.97 Å². The van der Waals surface area contributed by atoms with Gasteiger partial charge < -0.3 is 0 Å². The molecule has 0 radical (unpaired) electrons. The van der Waals surface area contributed by atoms with E-state index in [0.29, 0.717) is 10.3 Å². The molecule has 0 aromatic carbocycles. The fraction of sp³-hybridized carbons (Fsp3) is 0.636. The summed E-state index contributed by atoms with van der Waals surface area (Å²) in [6, 6.07) is 0. The first-order valence-corrected chi connectivity index (χ1v) is 7.38. The second-order valence-electron chi connectivity index (χ2n) is 3.50. The van der Waals surface area contributed by atoms with Gasteiger partial charge in [-0.3, -0.25) is 0 Å². The van der Waals surface area contributed by atoms with Gasteiger partial charge in [0, 0.05) is 5.56 Å². The molecule has 0 amide bonds. The minimum Gasteiger partial charge on any atom is -0.220 e. The van der Waals surface area contributed by atoms with Crippen LogP contribution in [0.15, 0.2) is 0 Å². The van der Waals surface area contributed by atoms with E-state index in [0.717, 1.165) is 42.2 Å². The van der Waals surface area contributed by atoms with Gasteiger partial charge in [0.15, 0.2) is 0 Å². The van der Waals surface area contributed by atoms with E-state index in [1.54, 1.807) is 11.8 Å². The maximum atomic E-state index is 6.08. The number of halogens is 2. The number of aromatic nitrogens is 2. The molecule has 0 unspecified atom stereocenters. The van der Waals surface area contributed by atoms with Crippen LogP contribution in [0.3, 0.4) is 0 Å². The highest BCUT2D eigenvalue weighted by Gasteiger charge is 2.10. The van der Waals surface area contributed by atoms with E-state index in [-0.39, 0.29) is 0 Å². The van der Waals surface area contributed by atoms with Gasteiger partial charge in [0.05, 0.1) is 5.75 Å². The average Bonchev–Trinajstić information content (AvgIpc) is 2.24. The lowest BCUT2D eigenvalue weighted by Crippen LogP contribution is -2.00. The second-order valence-corrected chi connectivity index (χ2v) is 5.32. The van der Waals surface area contributed by atoms with Crippen LogP contribution in [0, 0.1) is 0 Å². The molecule has 0 spiro atoms. The van der Waals surface area contributed by atoms with Gasteiger partial charge in [-0.2, -0.15) is 11.8 Å². The molecule has 0 saturated carbocycles. The summed E-state index contributed by atoms with van der Waals surface area (Å²) < 4.78 is 0. The number of thioether (sulfide) groups is 1. The summed E-state index contributed by atoms with van der Waals surface area (Å²) in [5, 5.41) is 1.02. The largest absolute Gasteiger partial charge is 0.220 e. The van der Waals surface area contributed by atoms with Crippen LogP contribution >= 0.6 is 35.0 Å². The van der Waals surface area contributed by atoms with Crippen LogP contribution in [0.1, 0.15) is 38.1 Å². The maximum absolute atomic E-state index is 6.08. The Labute approximate surface area is 111 Å². The van der Waals surface area contributed by atoms with Crippen molar-refractivity contribution in [3.63, 3.8) is 0 Å². The van der Waals surface area contributed by atoms with Crippen molar-refractivity contribution in [1.29, 1.82) is 0 Å². The molecular weight excluding hydrogens is 263 g/mol. The molecule has 0 N–H and O–H groups in total.